The number of benzene rings is 1. The molecule has 21 heavy (non-hydrogen) atoms. The number of rotatable bonds is 6. The van der Waals surface area contributed by atoms with Gasteiger partial charge < -0.3 is 4.90 Å². The van der Waals surface area contributed by atoms with Crippen LogP contribution < -0.4 is 4.90 Å². The minimum absolute atomic E-state index is 0.382. The molecule has 2 rings (SSSR count). The van der Waals surface area contributed by atoms with Gasteiger partial charge in [0.1, 0.15) is 5.82 Å². The van der Waals surface area contributed by atoms with Crippen LogP contribution in [-0.2, 0) is 18.8 Å². The van der Waals surface area contributed by atoms with Crippen molar-refractivity contribution in [3.05, 3.63) is 59.3 Å². The van der Waals surface area contributed by atoms with Crippen LogP contribution in [0.3, 0.4) is 0 Å². The average Bonchev–Trinajstić information content (AvgIpc) is 2.52. The van der Waals surface area contributed by atoms with Crippen LogP contribution >= 0.6 is 11.6 Å². The quantitative estimate of drug-likeness (QED) is 0.713. The highest BCUT2D eigenvalue weighted by Gasteiger charge is 2.14. The molecule has 0 fully saturated rings. The normalized spacial score (nSPS) is 10.9. The minimum atomic E-state index is 0.382. The lowest BCUT2D eigenvalue weighted by Crippen LogP contribution is -2.31. The largest absolute Gasteiger partial charge is 0.350 e. The lowest BCUT2D eigenvalue weighted by molar-refractivity contribution is 0.670. The zero-order valence-electron chi connectivity index (χ0n) is 13.0. The Morgan fingerprint density at radius 3 is 2.38 bits per heavy atom. The average molecular weight is 303 g/mol. The van der Waals surface area contributed by atoms with Gasteiger partial charge in [-0.2, -0.15) is 0 Å². The predicted octanol–water partition coefficient (Wildman–Crippen LogP) is 4.80. The van der Waals surface area contributed by atoms with Crippen LogP contribution in [0.4, 0.5) is 5.82 Å². The molecule has 0 saturated carbocycles. The van der Waals surface area contributed by atoms with Crippen molar-refractivity contribution in [3.8, 4) is 0 Å². The zero-order valence-corrected chi connectivity index (χ0v) is 13.8. The van der Waals surface area contributed by atoms with Crippen molar-refractivity contribution in [1.82, 2.24) is 4.98 Å². The molecular formula is C18H23ClN2. The first-order valence-corrected chi connectivity index (χ1v) is 8.03. The van der Waals surface area contributed by atoms with E-state index in [2.05, 4.69) is 62.1 Å². The highest BCUT2D eigenvalue weighted by Crippen LogP contribution is 2.21. The molecule has 0 aliphatic heterocycles. The molecule has 0 spiro atoms. The van der Waals surface area contributed by atoms with Gasteiger partial charge in [-0.05, 0) is 43.5 Å². The fourth-order valence-corrected chi connectivity index (χ4v) is 2.50. The summed E-state index contributed by atoms with van der Waals surface area (Å²) in [4.78, 5) is 7.11. The van der Waals surface area contributed by atoms with Crippen molar-refractivity contribution in [2.45, 2.75) is 45.7 Å². The third kappa shape index (κ3) is 4.21. The van der Waals surface area contributed by atoms with Gasteiger partial charge >= 0.3 is 0 Å². The molecule has 2 nitrogen and oxygen atoms in total. The van der Waals surface area contributed by atoms with Gasteiger partial charge in [0.05, 0.1) is 0 Å². The summed E-state index contributed by atoms with van der Waals surface area (Å²) in [5.41, 5.74) is 3.53. The standard InChI is InChI=1S/C18H23ClN2/c1-4-17-10-16(12-19)11-18(20-17)21(14(2)3)13-15-8-6-5-7-9-15/h5-11,14H,4,12-13H2,1-3H3. The van der Waals surface area contributed by atoms with Crippen LogP contribution in [0.25, 0.3) is 0 Å². The summed E-state index contributed by atoms with van der Waals surface area (Å²) in [6, 6.07) is 15.1. The smallest absolute Gasteiger partial charge is 0.129 e. The van der Waals surface area contributed by atoms with E-state index in [9.17, 15) is 0 Å². The van der Waals surface area contributed by atoms with Crippen molar-refractivity contribution in [3.63, 3.8) is 0 Å². The molecule has 0 N–H and O–H groups in total. The lowest BCUT2D eigenvalue weighted by Gasteiger charge is -2.29. The first-order chi connectivity index (χ1) is 10.1. The number of aromatic nitrogens is 1. The Kier molecular flexibility index (Phi) is 5.63. The van der Waals surface area contributed by atoms with Crippen molar-refractivity contribution < 1.29 is 0 Å². The van der Waals surface area contributed by atoms with E-state index >= 15 is 0 Å². The molecule has 0 bridgehead atoms. The molecule has 1 heterocycles. The summed E-state index contributed by atoms with van der Waals surface area (Å²) >= 11 is 6.03. The van der Waals surface area contributed by atoms with Crippen molar-refractivity contribution in [2.75, 3.05) is 4.90 Å². The molecule has 0 aliphatic carbocycles. The number of hydrogen-bond acceptors (Lipinski definition) is 2. The van der Waals surface area contributed by atoms with E-state index < -0.39 is 0 Å². The molecule has 3 heteroatoms. The van der Waals surface area contributed by atoms with Gasteiger partial charge in [0, 0.05) is 24.2 Å². The number of halogens is 1. The molecule has 0 radical (unpaired) electrons. The van der Waals surface area contributed by atoms with Crippen LogP contribution in [-0.4, -0.2) is 11.0 Å². The Morgan fingerprint density at radius 2 is 1.81 bits per heavy atom. The van der Waals surface area contributed by atoms with E-state index in [0.29, 0.717) is 11.9 Å². The molecular weight excluding hydrogens is 280 g/mol. The van der Waals surface area contributed by atoms with E-state index in [1.807, 2.05) is 6.07 Å². The maximum Gasteiger partial charge on any atom is 0.129 e. The summed E-state index contributed by atoms with van der Waals surface area (Å²) in [5, 5.41) is 0. The second kappa shape index (κ2) is 7.46. The third-order valence-electron chi connectivity index (χ3n) is 3.55. The van der Waals surface area contributed by atoms with Gasteiger partial charge in [-0.15, -0.1) is 11.6 Å². The molecule has 2 aromatic rings. The maximum atomic E-state index is 6.03. The van der Waals surface area contributed by atoms with Crippen LogP contribution in [0.5, 0.6) is 0 Å². The highest BCUT2D eigenvalue weighted by molar-refractivity contribution is 6.17. The molecule has 0 unspecified atom stereocenters. The first kappa shape index (κ1) is 15.8. The number of alkyl halides is 1. The van der Waals surface area contributed by atoms with Crippen LogP contribution in [0.2, 0.25) is 0 Å². The Bertz CT molecular complexity index is 544. The van der Waals surface area contributed by atoms with E-state index in [1.54, 1.807) is 0 Å². The van der Waals surface area contributed by atoms with Gasteiger partial charge in [-0.3, -0.25) is 0 Å². The summed E-state index contributed by atoms with van der Waals surface area (Å²) in [6.45, 7) is 7.38. The van der Waals surface area contributed by atoms with Gasteiger partial charge in [0.15, 0.2) is 0 Å². The molecule has 112 valence electrons. The summed E-state index contributed by atoms with van der Waals surface area (Å²) in [5.74, 6) is 1.55. The topological polar surface area (TPSA) is 16.1 Å². The third-order valence-corrected chi connectivity index (χ3v) is 3.86. The number of hydrogen-bond donors (Lipinski definition) is 0. The van der Waals surface area contributed by atoms with Crippen molar-refractivity contribution >= 4 is 17.4 Å². The van der Waals surface area contributed by atoms with Gasteiger partial charge in [0.25, 0.3) is 0 Å². The van der Waals surface area contributed by atoms with Gasteiger partial charge in [0.2, 0.25) is 0 Å². The van der Waals surface area contributed by atoms with Crippen LogP contribution in [0, 0.1) is 0 Å². The molecule has 0 saturated heterocycles. The van der Waals surface area contributed by atoms with Crippen LogP contribution in [0.1, 0.15) is 37.6 Å². The molecule has 1 aromatic carbocycles. The number of anilines is 1. The molecule has 0 atom stereocenters. The van der Waals surface area contributed by atoms with E-state index in [-0.39, 0.29) is 0 Å². The maximum absolute atomic E-state index is 6.03. The molecule has 1 aromatic heterocycles. The van der Waals surface area contributed by atoms with E-state index in [1.165, 1.54) is 5.56 Å². The Balaban J connectivity index is 2.33. The van der Waals surface area contributed by atoms with Gasteiger partial charge in [-0.1, -0.05) is 37.3 Å². The van der Waals surface area contributed by atoms with Gasteiger partial charge in [-0.25, -0.2) is 4.98 Å². The molecule has 0 aliphatic rings. The van der Waals surface area contributed by atoms with E-state index in [4.69, 9.17) is 16.6 Å². The Labute approximate surface area is 132 Å². The van der Waals surface area contributed by atoms with Crippen LogP contribution in [0.15, 0.2) is 42.5 Å². The lowest BCUT2D eigenvalue weighted by atomic mass is 10.1. The number of nitrogens with zero attached hydrogens (tertiary/aromatic N) is 2. The molecule has 0 amide bonds. The fourth-order valence-electron chi connectivity index (χ4n) is 2.35. The minimum Gasteiger partial charge on any atom is -0.350 e. The SMILES string of the molecule is CCc1cc(CCl)cc(N(Cc2ccccc2)C(C)C)n1. The summed E-state index contributed by atoms with van der Waals surface area (Å²) in [6.07, 6.45) is 0.926. The predicted molar refractivity (Wildman–Crippen MR) is 90.9 cm³/mol. The second-order valence-electron chi connectivity index (χ2n) is 5.52. The fraction of sp³-hybridized carbons (Fsp3) is 0.389. The zero-order chi connectivity index (χ0) is 15.2. The summed E-state index contributed by atoms with van der Waals surface area (Å²) in [7, 11) is 0. The van der Waals surface area contributed by atoms with E-state index in [0.717, 1.165) is 30.0 Å². The van der Waals surface area contributed by atoms with Crippen molar-refractivity contribution in [2.24, 2.45) is 0 Å². The Hall–Kier alpha value is -1.54. The highest BCUT2D eigenvalue weighted by atomic mass is 35.5. The first-order valence-electron chi connectivity index (χ1n) is 7.50. The number of pyridine rings is 1. The van der Waals surface area contributed by atoms with Crippen molar-refractivity contribution in [1.29, 1.82) is 0 Å². The number of aryl methyl sites for hydroxylation is 1. The second-order valence-corrected chi connectivity index (χ2v) is 5.79. The Morgan fingerprint density at radius 1 is 1.10 bits per heavy atom. The summed E-state index contributed by atoms with van der Waals surface area (Å²) < 4.78 is 0. The monoisotopic (exact) mass is 302 g/mol.